The van der Waals surface area contributed by atoms with Crippen molar-refractivity contribution in [2.75, 3.05) is 0 Å². The maximum absolute atomic E-state index is 12.1. The van der Waals surface area contributed by atoms with Gasteiger partial charge in [-0.25, -0.2) is 4.79 Å². The van der Waals surface area contributed by atoms with Crippen LogP contribution in [0.5, 0.6) is 0 Å². The van der Waals surface area contributed by atoms with Crippen molar-refractivity contribution >= 4 is 11.5 Å². The monoisotopic (exact) mass is 281 g/mol. The molecule has 1 aromatic heterocycles. The summed E-state index contributed by atoms with van der Waals surface area (Å²) in [6.45, 7) is -0.235. The second-order valence-corrected chi connectivity index (χ2v) is 4.96. The van der Waals surface area contributed by atoms with E-state index >= 15 is 0 Å². The number of Topliss-reactive ketones (excluding diaryl/α,β-unsaturated/α-hetero) is 1. The highest BCUT2D eigenvalue weighted by atomic mass is 16.6. The molecule has 0 spiro atoms. The van der Waals surface area contributed by atoms with Crippen LogP contribution in [0.15, 0.2) is 15.8 Å². The highest BCUT2D eigenvalue weighted by Crippen LogP contribution is 2.24. The van der Waals surface area contributed by atoms with E-state index < -0.39 is 21.9 Å². The largest absolute Gasteiger partial charge is 0.350 e. The first-order valence-corrected chi connectivity index (χ1v) is 6.50. The quantitative estimate of drug-likeness (QED) is 0.640. The number of nitrogens with one attached hydrogen (secondary N) is 1. The van der Waals surface area contributed by atoms with Gasteiger partial charge in [0.15, 0.2) is 5.78 Å². The second kappa shape index (κ2) is 5.81. The van der Waals surface area contributed by atoms with Gasteiger partial charge in [0.2, 0.25) is 0 Å². The smallest absolute Gasteiger partial charge is 0.297 e. The summed E-state index contributed by atoms with van der Waals surface area (Å²) in [5.41, 5.74) is -2.59. The van der Waals surface area contributed by atoms with E-state index in [0.29, 0.717) is 0 Å². The Bertz CT molecular complexity index is 639. The van der Waals surface area contributed by atoms with Crippen molar-refractivity contribution in [3.63, 3.8) is 0 Å². The Morgan fingerprint density at radius 3 is 2.60 bits per heavy atom. The summed E-state index contributed by atoms with van der Waals surface area (Å²) in [6, 6.07) is 0. The molecular formula is C12H15N3O5. The van der Waals surface area contributed by atoms with Gasteiger partial charge in [-0.15, -0.1) is 0 Å². The van der Waals surface area contributed by atoms with Crippen molar-refractivity contribution in [2.24, 2.45) is 5.92 Å². The molecule has 1 heterocycles. The minimum Gasteiger partial charge on any atom is -0.297 e. The Kier molecular flexibility index (Phi) is 4.11. The van der Waals surface area contributed by atoms with Crippen LogP contribution in [0.25, 0.3) is 0 Å². The van der Waals surface area contributed by atoms with Gasteiger partial charge in [-0.3, -0.25) is 29.3 Å². The van der Waals surface area contributed by atoms with E-state index in [2.05, 4.69) is 0 Å². The highest BCUT2D eigenvalue weighted by molar-refractivity contribution is 5.80. The molecule has 20 heavy (non-hydrogen) atoms. The van der Waals surface area contributed by atoms with Crippen molar-refractivity contribution in [1.82, 2.24) is 9.55 Å². The second-order valence-electron chi connectivity index (χ2n) is 4.96. The molecule has 0 bridgehead atoms. The van der Waals surface area contributed by atoms with E-state index in [-0.39, 0.29) is 18.2 Å². The number of hydrogen-bond acceptors (Lipinski definition) is 5. The summed E-state index contributed by atoms with van der Waals surface area (Å²) in [6.07, 6.45) is 5.49. The van der Waals surface area contributed by atoms with Gasteiger partial charge in [-0.05, 0) is 12.8 Å². The molecule has 8 nitrogen and oxygen atoms in total. The lowest BCUT2D eigenvalue weighted by Gasteiger charge is -2.20. The van der Waals surface area contributed by atoms with Crippen molar-refractivity contribution in [1.29, 1.82) is 0 Å². The molecule has 0 atom stereocenters. The van der Waals surface area contributed by atoms with Crippen molar-refractivity contribution in [3.05, 3.63) is 37.1 Å². The van der Waals surface area contributed by atoms with Crippen LogP contribution in [0.3, 0.4) is 0 Å². The van der Waals surface area contributed by atoms with Crippen molar-refractivity contribution < 1.29 is 9.72 Å². The summed E-state index contributed by atoms with van der Waals surface area (Å²) in [5, 5.41) is 10.7. The van der Waals surface area contributed by atoms with E-state index in [0.717, 1.165) is 42.9 Å². The predicted molar refractivity (Wildman–Crippen MR) is 69.6 cm³/mol. The van der Waals surface area contributed by atoms with Crippen LogP contribution in [0, 0.1) is 16.0 Å². The van der Waals surface area contributed by atoms with Crippen LogP contribution in [0.2, 0.25) is 0 Å². The number of aromatic amines is 1. The summed E-state index contributed by atoms with van der Waals surface area (Å²) in [4.78, 5) is 46.5. The number of ketones is 1. The molecule has 0 saturated heterocycles. The van der Waals surface area contributed by atoms with Gasteiger partial charge in [0.1, 0.15) is 0 Å². The number of nitro groups is 1. The zero-order valence-corrected chi connectivity index (χ0v) is 10.8. The standard InChI is InChI=1S/C12H15N3O5/c16-10(8-4-2-1-3-5-8)7-14-6-9(15(19)20)11(17)13-12(14)18/h6,8H,1-5,7H2,(H,13,17,18). The Hall–Kier alpha value is -2.25. The lowest BCUT2D eigenvalue weighted by molar-refractivity contribution is -0.386. The van der Waals surface area contributed by atoms with Gasteiger partial charge in [-0.2, -0.15) is 0 Å². The zero-order chi connectivity index (χ0) is 14.7. The van der Waals surface area contributed by atoms with E-state index in [9.17, 15) is 24.5 Å². The van der Waals surface area contributed by atoms with Gasteiger partial charge in [0.25, 0.3) is 0 Å². The van der Waals surface area contributed by atoms with Crippen LogP contribution in [0.4, 0.5) is 5.69 Å². The number of rotatable bonds is 4. The highest BCUT2D eigenvalue weighted by Gasteiger charge is 2.23. The number of carbonyl (C=O) groups excluding carboxylic acids is 1. The fourth-order valence-corrected chi connectivity index (χ4v) is 2.47. The van der Waals surface area contributed by atoms with Crippen LogP contribution in [0.1, 0.15) is 32.1 Å². The molecule has 8 heteroatoms. The molecule has 1 fully saturated rings. The zero-order valence-electron chi connectivity index (χ0n) is 10.8. The average Bonchev–Trinajstić information content (AvgIpc) is 2.42. The Labute approximate surface area is 113 Å². The fraction of sp³-hybridized carbons (Fsp3) is 0.583. The maximum Gasteiger partial charge on any atom is 0.350 e. The van der Waals surface area contributed by atoms with Gasteiger partial charge in [0.05, 0.1) is 17.7 Å². The van der Waals surface area contributed by atoms with Crippen LogP contribution in [-0.4, -0.2) is 20.3 Å². The van der Waals surface area contributed by atoms with Gasteiger partial charge in [-0.1, -0.05) is 19.3 Å². The molecule has 1 aromatic rings. The third kappa shape index (κ3) is 3.01. The molecule has 0 amide bonds. The van der Waals surface area contributed by atoms with E-state index in [4.69, 9.17) is 0 Å². The Balaban J connectivity index is 2.22. The number of nitrogens with zero attached hydrogens (tertiary/aromatic N) is 2. The molecule has 1 aliphatic carbocycles. The minimum absolute atomic E-state index is 0.0957. The molecule has 1 N–H and O–H groups in total. The topological polar surface area (TPSA) is 115 Å². The normalized spacial score (nSPS) is 16.0. The molecule has 1 aliphatic rings. The molecular weight excluding hydrogens is 266 g/mol. The maximum atomic E-state index is 12.1. The molecule has 0 unspecified atom stereocenters. The SMILES string of the molecule is O=C(Cn1cc([N+](=O)[O-])c(=O)[nH]c1=O)C1CCCCC1. The Morgan fingerprint density at radius 2 is 2.00 bits per heavy atom. The van der Waals surface area contributed by atoms with E-state index in [1.165, 1.54) is 0 Å². The van der Waals surface area contributed by atoms with Gasteiger partial charge < -0.3 is 0 Å². The van der Waals surface area contributed by atoms with Crippen molar-refractivity contribution in [2.45, 2.75) is 38.6 Å². The third-order valence-electron chi connectivity index (χ3n) is 3.58. The lowest BCUT2D eigenvalue weighted by atomic mass is 9.86. The minimum atomic E-state index is -1.05. The molecule has 108 valence electrons. The number of hydrogen-bond donors (Lipinski definition) is 1. The van der Waals surface area contributed by atoms with Crippen molar-refractivity contribution in [3.8, 4) is 0 Å². The number of carbonyl (C=O) groups is 1. The molecule has 0 aromatic carbocycles. The van der Waals surface area contributed by atoms with Crippen LogP contribution >= 0.6 is 0 Å². The summed E-state index contributed by atoms with van der Waals surface area (Å²) in [5.74, 6) is -0.213. The first-order valence-electron chi connectivity index (χ1n) is 6.50. The number of aromatic nitrogens is 2. The third-order valence-corrected chi connectivity index (χ3v) is 3.58. The van der Waals surface area contributed by atoms with E-state index in [1.54, 1.807) is 0 Å². The first-order chi connectivity index (χ1) is 9.49. The molecule has 2 rings (SSSR count). The summed E-state index contributed by atoms with van der Waals surface area (Å²) >= 11 is 0. The first kappa shape index (κ1) is 14.2. The van der Waals surface area contributed by atoms with Crippen LogP contribution in [-0.2, 0) is 11.3 Å². The fourth-order valence-electron chi connectivity index (χ4n) is 2.47. The summed E-state index contributed by atoms with van der Waals surface area (Å²) < 4.78 is 0.899. The van der Waals surface area contributed by atoms with E-state index in [1.807, 2.05) is 4.98 Å². The predicted octanol–water partition coefficient (Wildman–Crippen LogP) is 0.594. The van der Waals surface area contributed by atoms with Gasteiger partial charge in [0, 0.05) is 5.92 Å². The van der Waals surface area contributed by atoms with Crippen LogP contribution < -0.4 is 11.2 Å². The lowest BCUT2D eigenvalue weighted by Crippen LogP contribution is -2.34. The molecule has 0 aliphatic heterocycles. The average molecular weight is 281 g/mol. The summed E-state index contributed by atoms with van der Waals surface area (Å²) in [7, 11) is 0. The molecule has 1 saturated carbocycles. The number of H-pyrrole nitrogens is 1. The van der Waals surface area contributed by atoms with Gasteiger partial charge >= 0.3 is 16.9 Å². The Morgan fingerprint density at radius 1 is 1.35 bits per heavy atom. The molecule has 0 radical (unpaired) electrons.